The molecule has 0 saturated carbocycles. The summed E-state index contributed by atoms with van der Waals surface area (Å²) < 4.78 is 5.57. The minimum absolute atomic E-state index is 0.148. The second-order valence-corrected chi connectivity index (χ2v) is 6.92. The van der Waals surface area contributed by atoms with Crippen LogP contribution in [0.15, 0.2) is 53.6 Å². The molecule has 0 atom stereocenters. The number of amides is 1. The van der Waals surface area contributed by atoms with E-state index < -0.39 is 0 Å². The molecule has 0 aromatic heterocycles. The zero-order chi connectivity index (χ0) is 18.9. The van der Waals surface area contributed by atoms with Gasteiger partial charge in [0.05, 0.1) is 17.3 Å². The number of hydrogen-bond acceptors (Lipinski definition) is 3. The molecule has 1 amide bonds. The van der Waals surface area contributed by atoms with E-state index in [4.69, 9.17) is 27.9 Å². The van der Waals surface area contributed by atoms with Gasteiger partial charge in [0.1, 0.15) is 5.75 Å². The van der Waals surface area contributed by atoms with Gasteiger partial charge in [-0.1, -0.05) is 67.4 Å². The Labute approximate surface area is 164 Å². The number of nitrogens with zero attached hydrogens (tertiary/aromatic N) is 1. The van der Waals surface area contributed by atoms with E-state index in [1.807, 2.05) is 44.2 Å². The third-order valence-electron chi connectivity index (χ3n) is 3.62. The lowest BCUT2D eigenvalue weighted by Gasteiger charge is -2.11. The Morgan fingerprint density at radius 2 is 1.88 bits per heavy atom. The normalized spacial score (nSPS) is 11.5. The van der Waals surface area contributed by atoms with E-state index in [2.05, 4.69) is 10.5 Å². The van der Waals surface area contributed by atoms with Crippen LogP contribution >= 0.6 is 23.2 Å². The predicted molar refractivity (Wildman–Crippen MR) is 107 cm³/mol. The maximum absolute atomic E-state index is 12.0. The Balaban J connectivity index is 1.80. The highest BCUT2D eigenvalue weighted by Gasteiger charge is 2.09. The van der Waals surface area contributed by atoms with Crippen molar-refractivity contribution in [3.63, 3.8) is 0 Å². The van der Waals surface area contributed by atoms with Crippen LogP contribution in [0.2, 0.25) is 10.0 Å². The first kappa shape index (κ1) is 20.3. The molecular weight excluding hydrogens is 371 g/mol. The smallest absolute Gasteiger partial charge is 0.240 e. The van der Waals surface area contributed by atoms with Gasteiger partial charge in [-0.05, 0) is 36.1 Å². The van der Waals surface area contributed by atoms with Crippen LogP contribution in [0.1, 0.15) is 32.3 Å². The summed E-state index contributed by atoms with van der Waals surface area (Å²) in [6.45, 7) is 4.47. The third-order valence-corrected chi connectivity index (χ3v) is 4.15. The molecule has 1 N–H and O–H groups in total. The van der Waals surface area contributed by atoms with Gasteiger partial charge in [0.15, 0.2) is 0 Å². The van der Waals surface area contributed by atoms with Crippen LogP contribution in [0.4, 0.5) is 0 Å². The number of rotatable bonds is 8. The largest absolute Gasteiger partial charge is 0.492 e. The van der Waals surface area contributed by atoms with E-state index in [-0.39, 0.29) is 11.8 Å². The van der Waals surface area contributed by atoms with Crippen molar-refractivity contribution in [3.8, 4) is 5.75 Å². The lowest BCUT2D eigenvalue weighted by atomic mass is 10.0. The second-order valence-electron chi connectivity index (χ2n) is 6.08. The Bertz CT molecular complexity index is 762. The first-order valence-corrected chi connectivity index (χ1v) is 9.22. The Morgan fingerprint density at radius 3 is 2.54 bits per heavy atom. The molecule has 0 bridgehead atoms. The van der Waals surface area contributed by atoms with Gasteiger partial charge in [0, 0.05) is 11.4 Å². The maximum atomic E-state index is 12.0. The highest BCUT2D eigenvalue weighted by atomic mass is 35.5. The van der Waals surface area contributed by atoms with Gasteiger partial charge in [0.25, 0.3) is 0 Å². The summed E-state index contributed by atoms with van der Waals surface area (Å²) in [6, 6.07) is 14.9. The zero-order valence-corrected chi connectivity index (χ0v) is 16.3. The molecule has 4 nitrogen and oxygen atoms in total. The minimum Gasteiger partial charge on any atom is -0.492 e. The number of hydrogen-bond donors (Lipinski definition) is 1. The van der Waals surface area contributed by atoms with Crippen molar-refractivity contribution in [2.45, 2.75) is 26.7 Å². The SMILES string of the molecule is CC(C)C(=NNC(=O)CCCOc1ccc(Cl)cc1Cl)c1ccccc1. The third kappa shape index (κ3) is 6.36. The Morgan fingerprint density at radius 1 is 1.15 bits per heavy atom. The predicted octanol–water partition coefficient (Wildman–Crippen LogP) is 5.33. The number of halogens is 2. The van der Waals surface area contributed by atoms with Gasteiger partial charge in [-0.2, -0.15) is 5.10 Å². The molecule has 0 radical (unpaired) electrons. The topological polar surface area (TPSA) is 50.7 Å². The molecule has 138 valence electrons. The van der Waals surface area contributed by atoms with Gasteiger partial charge in [-0.3, -0.25) is 4.79 Å². The van der Waals surface area contributed by atoms with Crippen LogP contribution in [0.5, 0.6) is 5.75 Å². The number of ether oxygens (including phenoxy) is 1. The minimum atomic E-state index is -0.148. The maximum Gasteiger partial charge on any atom is 0.240 e. The van der Waals surface area contributed by atoms with Gasteiger partial charge < -0.3 is 4.74 Å². The van der Waals surface area contributed by atoms with Gasteiger partial charge in [0.2, 0.25) is 5.91 Å². The van der Waals surface area contributed by atoms with Crippen LogP contribution in [-0.4, -0.2) is 18.2 Å². The van der Waals surface area contributed by atoms with Crippen molar-refractivity contribution < 1.29 is 9.53 Å². The number of carbonyl (C=O) groups is 1. The molecular formula is C20H22Cl2N2O2. The fourth-order valence-electron chi connectivity index (χ4n) is 2.32. The molecule has 2 aromatic rings. The molecule has 0 unspecified atom stereocenters. The van der Waals surface area contributed by atoms with E-state index in [1.165, 1.54) is 0 Å². The second kappa shape index (κ2) is 10.2. The van der Waals surface area contributed by atoms with E-state index in [9.17, 15) is 4.79 Å². The summed E-state index contributed by atoms with van der Waals surface area (Å²) >= 11 is 11.9. The van der Waals surface area contributed by atoms with Gasteiger partial charge in [-0.25, -0.2) is 5.43 Å². The zero-order valence-electron chi connectivity index (χ0n) is 14.8. The number of benzene rings is 2. The summed E-state index contributed by atoms with van der Waals surface area (Å²) in [5.41, 5.74) is 4.48. The van der Waals surface area contributed by atoms with Crippen molar-refractivity contribution in [2.75, 3.05) is 6.61 Å². The van der Waals surface area contributed by atoms with Crippen molar-refractivity contribution in [1.82, 2.24) is 5.43 Å². The summed E-state index contributed by atoms with van der Waals surface area (Å²) in [5, 5.41) is 5.30. The molecule has 0 heterocycles. The molecule has 0 saturated heterocycles. The van der Waals surface area contributed by atoms with Crippen LogP contribution in [0.3, 0.4) is 0 Å². The summed E-state index contributed by atoms with van der Waals surface area (Å²) in [7, 11) is 0. The highest BCUT2D eigenvalue weighted by Crippen LogP contribution is 2.27. The molecule has 0 aliphatic carbocycles. The fraction of sp³-hybridized carbons (Fsp3) is 0.300. The van der Waals surface area contributed by atoms with E-state index >= 15 is 0 Å². The summed E-state index contributed by atoms with van der Waals surface area (Å²) in [6.07, 6.45) is 0.873. The molecule has 0 aliphatic rings. The average molecular weight is 393 g/mol. The van der Waals surface area contributed by atoms with Crippen LogP contribution in [0, 0.1) is 5.92 Å². The molecule has 6 heteroatoms. The molecule has 0 fully saturated rings. The lowest BCUT2D eigenvalue weighted by Crippen LogP contribution is -2.22. The van der Waals surface area contributed by atoms with Gasteiger partial charge in [-0.15, -0.1) is 0 Å². The van der Waals surface area contributed by atoms with Crippen LogP contribution in [0.25, 0.3) is 0 Å². The summed E-state index contributed by atoms with van der Waals surface area (Å²) in [4.78, 5) is 12.0. The molecule has 0 spiro atoms. The van der Waals surface area contributed by atoms with Gasteiger partial charge >= 0.3 is 0 Å². The van der Waals surface area contributed by atoms with Crippen molar-refractivity contribution in [1.29, 1.82) is 0 Å². The monoisotopic (exact) mass is 392 g/mol. The summed E-state index contributed by atoms with van der Waals surface area (Å²) in [5.74, 6) is 0.610. The number of hydrazone groups is 1. The molecule has 0 aliphatic heterocycles. The quantitative estimate of drug-likeness (QED) is 0.375. The lowest BCUT2D eigenvalue weighted by molar-refractivity contribution is -0.121. The molecule has 2 aromatic carbocycles. The van der Waals surface area contributed by atoms with Crippen molar-refractivity contribution in [3.05, 3.63) is 64.1 Å². The van der Waals surface area contributed by atoms with Crippen molar-refractivity contribution >= 4 is 34.8 Å². The fourth-order valence-corrected chi connectivity index (χ4v) is 2.78. The number of nitrogens with one attached hydrogen (secondary N) is 1. The van der Waals surface area contributed by atoms with Crippen LogP contribution < -0.4 is 10.2 Å². The molecule has 26 heavy (non-hydrogen) atoms. The van der Waals surface area contributed by atoms with E-state index in [1.54, 1.807) is 18.2 Å². The van der Waals surface area contributed by atoms with E-state index in [0.717, 1.165) is 11.3 Å². The average Bonchev–Trinajstić information content (AvgIpc) is 2.61. The first-order valence-electron chi connectivity index (χ1n) is 8.47. The van der Waals surface area contributed by atoms with Crippen LogP contribution in [-0.2, 0) is 4.79 Å². The standard InChI is InChI=1S/C20H22Cl2N2O2/c1-14(2)20(15-7-4-3-5-8-15)24-23-19(25)9-6-12-26-18-11-10-16(21)13-17(18)22/h3-5,7-8,10-11,13-14H,6,9,12H2,1-2H3,(H,23,25). The number of carbonyl (C=O) groups excluding carboxylic acids is 1. The molecule has 2 rings (SSSR count). The van der Waals surface area contributed by atoms with E-state index in [0.29, 0.717) is 35.2 Å². The van der Waals surface area contributed by atoms with Crippen molar-refractivity contribution in [2.24, 2.45) is 11.0 Å². The Kier molecular flexibility index (Phi) is 7.95. The first-order chi connectivity index (χ1) is 12.5. The Hall–Kier alpha value is -2.04. The highest BCUT2D eigenvalue weighted by molar-refractivity contribution is 6.35.